The second-order valence-corrected chi connectivity index (χ2v) is 7.90. The summed E-state index contributed by atoms with van der Waals surface area (Å²) in [6, 6.07) is 6.97. The summed E-state index contributed by atoms with van der Waals surface area (Å²) in [6.07, 6.45) is 3.95. The highest BCUT2D eigenvalue weighted by atomic mass is 32.2. The van der Waals surface area contributed by atoms with Crippen molar-refractivity contribution in [3.05, 3.63) is 29.8 Å². The van der Waals surface area contributed by atoms with Crippen LogP contribution in [-0.4, -0.2) is 37.1 Å². The van der Waals surface area contributed by atoms with Gasteiger partial charge >= 0.3 is 5.97 Å². The maximum absolute atomic E-state index is 11.6. The summed E-state index contributed by atoms with van der Waals surface area (Å²) in [5.74, 6) is -0.283. The van der Waals surface area contributed by atoms with Crippen molar-refractivity contribution in [3.8, 4) is 5.75 Å². The van der Waals surface area contributed by atoms with E-state index in [2.05, 4.69) is 0 Å². The van der Waals surface area contributed by atoms with Crippen molar-refractivity contribution >= 4 is 15.8 Å². The van der Waals surface area contributed by atoms with Crippen molar-refractivity contribution in [1.82, 2.24) is 0 Å². The van der Waals surface area contributed by atoms with Gasteiger partial charge in [0.05, 0.1) is 17.8 Å². The molecule has 1 saturated carbocycles. The SMILES string of the molecule is CS(=O)(=O)C1CCCC(Oc2cccc(CC(=O)O)c2)C1. The second kappa shape index (κ2) is 6.47. The molecule has 1 fully saturated rings. The minimum atomic E-state index is -3.03. The fourth-order valence-corrected chi connectivity index (χ4v) is 3.85. The molecule has 5 nitrogen and oxygen atoms in total. The van der Waals surface area contributed by atoms with E-state index in [9.17, 15) is 13.2 Å². The first kappa shape index (κ1) is 15.8. The molecule has 1 N–H and O–H groups in total. The molecule has 0 amide bonds. The predicted molar refractivity (Wildman–Crippen MR) is 79.3 cm³/mol. The number of ether oxygens (including phenoxy) is 1. The molecule has 0 radical (unpaired) electrons. The fraction of sp³-hybridized carbons (Fsp3) is 0.533. The van der Waals surface area contributed by atoms with E-state index >= 15 is 0 Å². The zero-order valence-electron chi connectivity index (χ0n) is 12.0. The first-order chi connectivity index (χ1) is 9.84. The average Bonchev–Trinajstić information content (AvgIpc) is 2.37. The van der Waals surface area contributed by atoms with Crippen LogP contribution >= 0.6 is 0 Å². The number of benzene rings is 1. The monoisotopic (exact) mass is 312 g/mol. The van der Waals surface area contributed by atoms with E-state index in [1.54, 1.807) is 24.3 Å². The Morgan fingerprint density at radius 1 is 1.38 bits per heavy atom. The quantitative estimate of drug-likeness (QED) is 0.900. The minimum Gasteiger partial charge on any atom is -0.490 e. The van der Waals surface area contributed by atoms with Gasteiger partial charge in [0.1, 0.15) is 15.6 Å². The Labute approximate surface area is 124 Å². The third-order valence-electron chi connectivity index (χ3n) is 3.74. The van der Waals surface area contributed by atoms with Crippen LogP contribution in [0.4, 0.5) is 0 Å². The molecule has 0 aliphatic heterocycles. The Kier molecular flexibility index (Phi) is 4.88. The van der Waals surface area contributed by atoms with Crippen molar-refractivity contribution in [3.63, 3.8) is 0 Å². The van der Waals surface area contributed by atoms with Gasteiger partial charge in [0.2, 0.25) is 0 Å². The number of carboxylic acids is 1. The van der Waals surface area contributed by atoms with Crippen molar-refractivity contribution < 1.29 is 23.1 Å². The number of hydrogen-bond acceptors (Lipinski definition) is 4. The lowest BCUT2D eigenvalue weighted by Gasteiger charge is -2.28. The number of carbonyl (C=O) groups is 1. The zero-order chi connectivity index (χ0) is 15.5. The third-order valence-corrected chi connectivity index (χ3v) is 5.38. The van der Waals surface area contributed by atoms with Gasteiger partial charge in [-0.05, 0) is 37.0 Å². The van der Waals surface area contributed by atoms with Gasteiger partial charge < -0.3 is 9.84 Å². The minimum absolute atomic E-state index is 0.0478. The summed E-state index contributed by atoms with van der Waals surface area (Å²) in [5, 5.41) is 8.46. The van der Waals surface area contributed by atoms with Crippen molar-refractivity contribution in [2.24, 2.45) is 0 Å². The molecular weight excluding hydrogens is 292 g/mol. The highest BCUT2D eigenvalue weighted by Crippen LogP contribution is 2.27. The van der Waals surface area contributed by atoms with Gasteiger partial charge in [0.15, 0.2) is 0 Å². The summed E-state index contributed by atoms with van der Waals surface area (Å²) in [6.45, 7) is 0. The molecule has 1 aromatic rings. The largest absolute Gasteiger partial charge is 0.490 e. The van der Waals surface area contributed by atoms with Gasteiger partial charge in [-0.2, -0.15) is 0 Å². The van der Waals surface area contributed by atoms with Crippen molar-refractivity contribution in [2.45, 2.75) is 43.5 Å². The molecule has 0 spiro atoms. The molecule has 2 rings (SSSR count). The molecule has 2 atom stereocenters. The van der Waals surface area contributed by atoms with E-state index in [1.165, 1.54) is 6.26 Å². The lowest BCUT2D eigenvalue weighted by Crippen LogP contribution is -2.33. The van der Waals surface area contributed by atoms with Crippen molar-refractivity contribution in [1.29, 1.82) is 0 Å². The fourth-order valence-electron chi connectivity index (χ4n) is 2.69. The van der Waals surface area contributed by atoms with Crippen LogP contribution in [0, 0.1) is 0 Å². The third kappa shape index (κ3) is 4.74. The van der Waals surface area contributed by atoms with Gasteiger partial charge in [0.25, 0.3) is 0 Å². The molecule has 116 valence electrons. The highest BCUT2D eigenvalue weighted by molar-refractivity contribution is 7.91. The van der Waals surface area contributed by atoms with E-state index in [1.807, 2.05) is 0 Å². The summed E-state index contributed by atoms with van der Waals surface area (Å²) in [4.78, 5) is 10.7. The maximum atomic E-state index is 11.6. The molecule has 1 aliphatic carbocycles. The highest BCUT2D eigenvalue weighted by Gasteiger charge is 2.29. The molecule has 0 aromatic heterocycles. The van der Waals surface area contributed by atoms with E-state index in [0.29, 0.717) is 24.2 Å². The van der Waals surface area contributed by atoms with E-state index in [4.69, 9.17) is 9.84 Å². The normalized spacial score (nSPS) is 22.7. The molecule has 0 saturated heterocycles. The molecule has 6 heteroatoms. The van der Waals surface area contributed by atoms with Crippen LogP contribution in [-0.2, 0) is 21.1 Å². The average molecular weight is 312 g/mol. The zero-order valence-corrected chi connectivity index (χ0v) is 12.8. The molecule has 0 bridgehead atoms. The molecule has 0 heterocycles. The lowest BCUT2D eigenvalue weighted by molar-refractivity contribution is -0.136. The Bertz CT molecular complexity index is 608. The lowest BCUT2D eigenvalue weighted by atomic mass is 9.97. The Morgan fingerprint density at radius 2 is 2.14 bits per heavy atom. The van der Waals surface area contributed by atoms with Crippen LogP contribution in [0.15, 0.2) is 24.3 Å². The predicted octanol–water partition coefficient (Wildman–Crippen LogP) is 2.05. The Balaban J connectivity index is 2.02. The van der Waals surface area contributed by atoms with E-state index in [0.717, 1.165) is 12.8 Å². The molecule has 2 unspecified atom stereocenters. The Morgan fingerprint density at radius 3 is 2.81 bits per heavy atom. The molecule has 21 heavy (non-hydrogen) atoms. The first-order valence-corrected chi connectivity index (χ1v) is 8.96. The number of rotatable bonds is 5. The molecule has 1 aliphatic rings. The van der Waals surface area contributed by atoms with Crippen molar-refractivity contribution in [2.75, 3.05) is 6.26 Å². The molecular formula is C15H20O5S. The van der Waals surface area contributed by atoms with E-state index < -0.39 is 15.8 Å². The van der Waals surface area contributed by atoms with Gasteiger partial charge in [0, 0.05) is 12.7 Å². The summed E-state index contributed by atoms with van der Waals surface area (Å²) >= 11 is 0. The van der Waals surface area contributed by atoms with Crippen LogP contribution in [0.3, 0.4) is 0 Å². The summed E-state index contributed by atoms with van der Waals surface area (Å²) in [5.41, 5.74) is 0.676. The van der Waals surface area contributed by atoms with Gasteiger partial charge in [-0.1, -0.05) is 12.1 Å². The van der Waals surface area contributed by atoms with Crippen LogP contribution in [0.1, 0.15) is 31.2 Å². The first-order valence-electron chi connectivity index (χ1n) is 7.01. The second-order valence-electron chi connectivity index (χ2n) is 5.58. The number of aliphatic carboxylic acids is 1. The number of carboxylic acid groups (broad SMARTS) is 1. The standard InChI is InChI=1S/C15H20O5S/c1-21(18,19)14-7-3-6-13(10-14)20-12-5-2-4-11(8-12)9-15(16)17/h2,4-5,8,13-14H,3,6-7,9-10H2,1H3,(H,16,17). The number of sulfone groups is 1. The van der Waals surface area contributed by atoms with Crippen LogP contribution < -0.4 is 4.74 Å². The van der Waals surface area contributed by atoms with Crippen LogP contribution in [0.25, 0.3) is 0 Å². The van der Waals surface area contributed by atoms with Crippen LogP contribution in [0.2, 0.25) is 0 Å². The van der Waals surface area contributed by atoms with Gasteiger partial charge in [-0.15, -0.1) is 0 Å². The Hall–Kier alpha value is -1.56. The summed E-state index contributed by atoms with van der Waals surface area (Å²) < 4.78 is 29.1. The number of hydrogen-bond donors (Lipinski definition) is 1. The van der Waals surface area contributed by atoms with Gasteiger partial charge in [-0.3, -0.25) is 4.79 Å². The maximum Gasteiger partial charge on any atom is 0.307 e. The van der Waals surface area contributed by atoms with Gasteiger partial charge in [-0.25, -0.2) is 8.42 Å². The smallest absolute Gasteiger partial charge is 0.307 e. The summed E-state index contributed by atoms with van der Waals surface area (Å²) in [7, 11) is -3.03. The van der Waals surface area contributed by atoms with Crippen LogP contribution in [0.5, 0.6) is 5.75 Å². The molecule has 1 aromatic carbocycles. The van der Waals surface area contributed by atoms with E-state index in [-0.39, 0.29) is 17.8 Å². The topological polar surface area (TPSA) is 80.7 Å².